The largest absolute Gasteiger partial charge is 0.192 e. The number of benzene rings is 2. The van der Waals surface area contributed by atoms with E-state index in [1.54, 1.807) is 11.8 Å². The lowest BCUT2D eigenvalue weighted by Gasteiger charge is -2.08. The molecule has 0 aliphatic rings. The van der Waals surface area contributed by atoms with Crippen molar-refractivity contribution in [2.24, 2.45) is 0 Å². The molecule has 0 fully saturated rings. The van der Waals surface area contributed by atoms with Gasteiger partial charge in [-0.05, 0) is 17.4 Å². The molecule has 0 saturated carbocycles. The highest BCUT2D eigenvalue weighted by Crippen LogP contribution is 2.30. The van der Waals surface area contributed by atoms with Crippen LogP contribution in [0.15, 0.2) is 53.4 Å². The number of thioether (sulfide) groups is 1. The lowest BCUT2D eigenvalue weighted by atomic mass is 10.0. The molecule has 2 rings (SSSR count). The standard InChI is InChI=1S/C15H13NS/c1-2-17-15-10-6-9-13(14(15)11-16)12-7-4-3-5-8-12/h3-10H,2H2,1H3. The SMILES string of the molecule is CCSc1cccc(-c2ccccc2)c1C#N. The molecule has 0 bridgehead atoms. The molecule has 84 valence electrons. The Morgan fingerprint density at radius 1 is 1.06 bits per heavy atom. The minimum atomic E-state index is 0.783. The maximum Gasteiger partial charge on any atom is 0.101 e. The van der Waals surface area contributed by atoms with Crippen molar-refractivity contribution in [3.8, 4) is 17.2 Å². The van der Waals surface area contributed by atoms with Crippen molar-refractivity contribution in [2.45, 2.75) is 11.8 Å². The van der Waals surface area contributed by atoms with Crippen LogP contribution in [0.25, 0.3) is 11.1 Å². The molecule has 0 unspecified atom stereocenters. The zero-order valence-corrected chi connectivity index (χ0v) is 10.5. The Labute approximate surface area is 106 Å². The van der Waals surface area contributed by atoms with Gasteiger partial charge in [0.1, 0.15) is 6.07 Å². The summed E-state index contributed by atoms with van der Waals surface area (Å²) in [6.45, 7) is 2.10. The predicted molar refractivity (Wildman–Crippen MR) is 73.0 cm³/mol. The second-order valence-electron chi connectivity index (χ2n) is 3.59. The van der Waals surface area contributed by atoms with Crippen LogP contribution < -0.4 is 0 Å². The summed E-state index contributed by atoms with van der Waals surface area (Å²) < 4.78 is 0. The zero-order valence-electron chi connectivity index (χ0n) is 9.68. The summed E-state index contributed by atoms with van der Waals surface area (Å²) in [7, 11) is 0. The highest BCUT2D eigenvalue weighted by Gasteiger charge is 2.09. The van der Waals surface area contributed by atoms with Crippen molar-refractivity contribution in [1.29, 1.82) is 5.26 Å². The Kier molecular flexibility index (Phi) is 3.85. The van der Waals surface area contributed by atoms with Gasteiger partial charge in [0.15, 0.2) is 0 Å². The summed E-state index contributed by atoms with van der Waals surface area (Å²) in [6.07, 6.45) is 0. The van der Waals surface area contributed by atoms with E-state index < -0.39 is 0 Å². The first-order valence-corrected chi connectivity index (χ1v) is 6.56. The first-order valence-electron chi connectivity index (χ1n) is 5.58. The summed E-state index contributed by atoms with van der Waals surface area (Å²) in [5, 5.41) is 9.32. The molecule has 0 amide bonds. The Morgan fingerprint density at radius 3 is 2.47 bits per heavy atom. The molecular weight excluding hydrogens is 226 g/mol. The third kappa shape index (κ3) is 2.51. The van der Waals surface area contributed by atoms with E-state index in [0.29, 0.717) is 0 Å². The van der Waals surface area contributed by atoms with Gasteiger partial charge in [-0.2, -0.15) is 5.26 Å². The summed E-state index contributed by atoms with van der Waals surface area (Å²) in [4.78, 5) is 1.07. The molecule has 0 N–H and O–H groups in total. The molecule has 2 heteroatoms. The average Bonchev–Trinajstić information content (AvgIpc) is 2.40. The maximum absolute atomic E-state index is 9.32. The highest BCUT2D eigenvalue weighted by atomic mass is 32.2. The van der Waals surface area contributed by atoms with Crippen LogP contribution in [0.5, 0.6) is 0 Å². The first-order chi connectivity index (χ1) is 8.36. The van der Waals surface area contributed by atoms with Crippen LogP contribution >= 0.6 is 11.8 Å². The number of hydrogen-bond acceptors (Lipinski definition) is 2. The van der Waals surface area contributed by atoms with Crippen molar-refractivity contribution < 1.29 is 0 Å². The zero-order chi connectivity index (χ0) is 12.1. The minimum Gasteiger partial charge on any atom is -0.192 e. The van der Waals surface area contributed by atoms with E-state index in [1.165, 1.54) is 0 Å². The Balaban J connectivity index is 2.56. The van der Waals surface area contributed by atoms with Crippen molar-refractivity contribution in [1.82, 2.24) is 0 Å². The lowest BCUT2D eigenvalue weighted by Crippen LogP contribution is -1.88. The van der Waals surface area contributed by atoms with Gasteiger partial charge in [0.25, 0.3) is 0 Å². The molecular formula is C15H13NS. The molecule has 1 nitrogen and oxygen atoms in total. The molecule has 0 spiro atoms. The summed E-state index contributed by atoms with van der Waals surface area (Å²) in [5.41, 5.74) is 2.90. The van der Waals surface area contributed by atoms with Crippen LogP contribution in [0.2, 0.25) is 0 Å². The molecule has 0 aliphatic heterocycles. The summed E-state index contributed by atoms with van der Waals surface area (Å²) in [5.74, 6) is 0.979. The fraction of sp³-hybridized carbons (Fsp3) is 0.133. The molecule has 0 saturated heterocycles. The number of nitriles is 1. The molecule has 2 aromatic rings. The van der Waals surface area contributed by atoms with E-state index in [2.05, 4.69) is 13.0 Å². The van der Waals surface area contributed by atoms with Crippen molar-refractivity contribution >= 4 is 11.8 Å². The molecule has 0 aromatic heterocycles. The third-order valence-corrected chi connectivity index (χ3v) is 3.46. The number of nitrogens with zero attached hydrogens (tertiary/aromatic N) is 1. The fourth-order valence-electron chi connectivity index (χ4n) is 1.78. The van der Waals surface area contributed by atoms with Gasteiger partial charge < -0.3 is 0 Å². The monoisotopic (exact) mass is 239 g/mol. The van der Waals surface area contributed by atoms with Gasteiger partial charge in [-0.1, -0.05) is 49.4 Å². The third-order valence-electron chi connectivity index (χ3n) is 2.52. The average molecular weight is 239 g/mol. The van der Waals surface area contributed by atoms with E-state index in [4.69, 9.17) is 0 Å². The fourth-order valence-corrected chi connectivity index (χ4v) is 2.57. The van der Waals surface area contributed by atoms with Crippen molar-refractivity contribution in [3.05, 3.63) is 54.1 Å². The van der Waals surface area contributed by atoms with Gasteiger partial charge in [-0.15, -0.1) is 11.8 Å². The van der Waals surface area contributed by atoms with Crippen LogP contribution in [0.3, 0.4) is 0 Å². The second-order valence-corrected chi connectivity index (χ2v) is 4.90. The molecule has 17 heavy (non-hydrogen) atoms. The molecule has 0 heterocycles. The van der Waals surface area contributed by atoms with E-state index >= 15 is 0 Å². The van der Waals surface area contributed by atoms with E-state index in [-0.39, 0.29) is 0 Å². The van der Waals surface area contributed by atoms with Gasteiger partial charge in [-0.3, -0.25) is 0 Å². The van der Waals surface area contributed by atoms with Crippen molar-refractivity contribution in [3.63, 3.8) is 0 Å². The molecule has 0 atom stereocenters. The highest BCUT2D eigenvalue weighted by molar-refractivity contribution is 7.99. The minimum absolute atomic E-state index is 0.783. The van der Waals surface area contributed by atoms with Gasteiger partial charge in [0.2, 0.25) is 0 Å². The predicted octanol–water partition coefficient (Wildman–Crippen LogP) is 4.34. The van der Waals surface area contributed by atoms with Crippen LogP contribution in [0.4, 0.5) is 0 Å². The second kappa shape index (κ2) is 5.56. The van der Waals surface area contributed by atoms with Gasteiger partial charge in [0.05, 0.1) is 5.56 Å². The molecule has 2 aromatic carbocycles. The molecule has 0 aliphatic carbocycles. The van der Waals surface area contributed by atoms with Crippen LogP contribution in [0, 0.1) is 11.3 Å². The van der Waals surface area contributed by atoms with Gasteiger partial charge in [-0.25, -0.2) is 0 Å². The van der Waals surface area contributed by atoms with Gasteiger partial charge in [0, 0.05) is 10.5 Å². The van der Waals surface area contributed by atoms with Crippen LogP contribution in [-0.2, 0) is 0 Å². The Bertz CT molecular complexity index is 541. The van der Waals surface area contributed by atoms with Crippen LogP contribution in [-0.4, -0.2) is 5.75 Å². The van der Waals surface area contributed by atoms with E-state index in [9.17, 15) is 5.26 Å². The smallest absolute Gasteiger partial charge is 0.101 e. The van der Waals surface area contributed by atoms with E-state index in [1.807, 2.05) is 48.5 Å². The quantitative estimate of drug-likeness (QED) is 0.744. The van der Waals surface area contributed by atoms with Gasteiger partial charge >= 0.3 is 0 Å². The Morgan fingerprint density at radius 2 is 1.82 bits per heavy atom. The normalized spacial score (nSPS) is 9.88. The maximum atomic E-state index is 9.32. The van der Waals surface area contributed by atoms with E-state index in [0.717, 1.165) is 27.3 Å². The number of rotatable bonds is 3. The first kappa shape index (κ1) is 11.8. The lowest BCUT2D eigenvalue weighted by molar-refractivity contribution is 1.35. The topological polar surface area (TPSA) is 23.8 Å². The number of hydrogen-bond donors (Lipinski definition) is 0. The van der Waals surface area contributed by atoms with Crippen LogP contribution in [0.1, 0.15) is 12.5 Å². The van der Waals surface area contributed by atoms with Crippen molar-refractivity contribution in [2.75, 3.05) is 5.75 Å². The molecule has 0 radical (unpaired) electrons. The Hall–Kier alpha value is -1.72. The summed E-state index contributed by atoms with van der Waals surface area (Å²) in [6, 6.07) is 18.4. The summed E-state index contributed by atoms with van der Waals surface area (Å²) >= 11 is 1.71.